The molecule has 0 radical (unpaired) electrons. The molecule has 0 fully saturated rings. The Morgan fingerprint density at radius 1 is 0.486 bits per heavy atom. The van der Waals surface area contributed by atoms with Crippen molar-refractivity contribution in [3.8, 4) is 45.3 Å². The van der Waals surface area contributed by atoms with Gasteiger partial charge in [0.25, 0.3) is 0 Å². The lowest BCUT2D eigenvalue weighted by Crippen LogP contribution is -2.00. The molecule has 1 aromatic heterocycles. The summed E-state index contributed by atoms with van der Waals surface area (Å²) in [7, 11) is 0. The van der Waals surface area contributed by atoms with E-state index in [0.29, 0.717) is 17.2 Å². The molecule has 0 spiro atoms. The van der Waals surface area contributed by atoms with Gasteiger partial charge in [-0.2, -0.15) is 0 Å². The first-order valence-electron chi connectivity index (χ1n) is 13.5. The minimum absolute atomic E-state index is 0.0159. The fourth-order valence-corrected chi connectivity index (χ4v) is 4.15. The van der Waals surface area contributed by atoms with E-state index in [1.165, 1.54) is 0 Å². The Labute approximate surface area is 219 Å². The van der Waals surface area contributed by atoms with Gasteiger partial charge in [0.15, 0.2) is 17.5 Å². The third-order valence-corrected chi connectivity index (χ3v) is 6.22. The third-order valence-electron chi connectivity index (χ3n) is 5.69. The van der Waals surface area contributed by atoms with E-state index in [0.717, 1.165) is 31.9 Å². The fourth-order valence-electron chi connectivity index (χ4n) is 3.89. The molecule has 0 unspecified atom stereocenters. The summed E-state index contributed by atoms with van der Waals surface area (Å²) in [6.07, 6.45) is 0. The molecule has 6 aromatic rings. The zero-order valence-corrected chi connectivity index (χ0v) is 20.0. The Kier molecular flexibility index (Phi) is 4.35. The number of nitrogens with zero attached hydrogens (tertiary/aromatic N) is 3. The van der Waals surface area contributed by atoms with Gasteiger partial charge < -0.3 is 0 Å². The molecular formula is C31H20BrN3. The van der Waals surface area contributed by atoms with Crippen LogP contribution in [0.5, 0.6) is 0 Å². The van der Waals surface area contributed by atoms with Crippen LogP contribution >= 0.6 is 15.9 Å². The fraction of sp³-hybridized carbons (Fsp3) is 0. The van der Waals surface area contributed by atoms with E-state index >= 15 is 0 Å². The van der Waals surface area contributed by atoms with Gasteiger partial charge in [0, 0.05) is 21.2 Å². The van der Waals surface area contributed by atoms with Crippen LogP contribution in [0.15, 0.2) is 126 Å². The summed E-state index contributed by atoms with van der Waals surface area (Å²) in [5.74, 6) is 0.694. The maximum absolute atomic E-state index is 8.49. The minimum Gasteiger partial charge on any atom is -0.208 e. The molecule has 3 nitrogen and oxygen atoms in total. The van der Waals surface area contributed by atoms with Crippen molar-refractivity contribution in [2.75, 3.05) is 0 Å². The largest absolute Gasteiger partial charge is 0.208 e. The summed E-state index contributed by atoms with van der Waals surface area (Å²) in [6.45, 7) is 0. The van der Waals surface area contributed by atoms with Crippen LogP contribution in [-0.4, -0.2) is 15.0 Å². The molecule has 1 heterocycles. The predicted octanol–water partition coefficient (Wildman–Crippen LogP) is 8.46. The van der Waals surface area contributed by atoms with Crippen LogP contribution in [0, 0.1) is 0 Å². The summed E-state index contributed by atoms with van der Waals surface area (Å²) in [6, 6.07) is 27.5. The van der Waals surface area contributed by atoms with Gasteiger partial charge in [0.1, 0.15) is 0 Å². The molecule has 0 aliphatic carbocycles. The topological polar surface area (TPSA) is 38.7 Å². The second-order valence-corrected chi connectivity index (χ2v) is 8.87. The summed E-state index contributed by atoms with van der Waals surface area (Å²) in [5, 5.41) is 2.07. The quantitative estimate of drug-likeness (QED) is 0.235. The molecule has 0 saturated heterocycles. The Balaban J connectivity index is 1.54. The van der Waals surface area contributed by atoms with Gasteiger partial charge in [0.05, 0.1) is 6.85 Å². The zero-order valence-electron chi connectivity index (χ0n) is 23.4. The highest BCUT2D eigenvalue weighted by Gasteiger charge is 2.13. The summed E-state index contributed by atoms with van der Waals surface area (Å²) >= 11 is 3.47. The van der Waals surface area contributed by atoms with Crippen molar-refractivity contribution in [1.29, 1.82) is 0 Å². The number of rotatable bonds is 4. The van der Waals surface area contributed by atoms with Gasteiger partial charge in [-0.1, -0.05) is 119 Å². The number of fused-ring (bicyclic) bond motifs is 1. The molecule has 35 heavy (non-hydrogen) atoms. The van der Waals surface area contributed by atoms with Crippen molar-refractivity contribution in [2.45, 2.75) is 0 Å². The third kappa shape index (κ3) is 4.48. The molecule has 0 aliphatic heterocycles. The van der Waals surface area contributed by atoms with Crippen LogP contribution < -0.4 is 0 Å². The molecule has 0 aliphatic rings. The molecule has 0 amide bonds. The van der Waals surface area contributed by atoms with Crippen LogP contribution in [0.1, 0.15) is 6.85 Å². The average Bonchev–Trinajstić information content (AvgIpc) is 2.99. The van der Waals surface area contributed by atoms with Crippen LogP contribution in [0.4, 0.5) is 0 Å². The summed E-state index contributed by atoms with van der Waals surface area (Å²) in [5.41, 5.74) is 3.44. The number of benzene rings is 5. The molecular weight excluding hydrogens is 494 g/mol. The summed E-state index contributed by atoms with van der Waals surface area (Å²) in [4.78, 5) is 14.0. The molecule has 5 aromatic carbocycles. The molecule has 4 heteroatoms. The van der Waals surface area contributed by atoms with Gasteiger partial charge in [-0.3, -0.25) is 0 Å². The van der Waals surface area contributed by atoms with E-state index in [4.69, 9.17) is 11.8 Å². The lowest BCUT2D eigenvalue weighted by atomic mass is 10.0. The Morgan fingerprint density at radius 3 is 1.69 bits per heavy atom. The molecule has 6 rings (SSSR count). The van der Waals surface area contributed by atoms with E-state index in [9.17, 15) is 0 Å². The highest BCUT2D eigenvalue weighted by atomic mass is 79.9. The van der Waals surface area contributed by atoms with Gasteiger partial charge in [0.2, 0.25) is 0 Å². The summed E-state index contributed by atoms with van der Waals surface area (Å²) < 4.78 is 42.3. The highest BCUT2D eigenvalue weighted by molar-refractivity contribution is 9.10. The molecule has 0 atom stereocenters. The van der Waals surface area contributed by atoms with Crippen molar-refractivity contribution in [3.63, 3.8) is 0 Å². The van der Waals surface area contributed by atoms with Gasteiger partial charge >= 0.3 is 0 Å². The van der Waals surface area contributed by atoms with Crippen LogP contribution in [0.2, 0.25) is 0 Å². The lowest BCUT2D eigenvalue weighted by molar-refractivity contribution is 1.07. The van der Waals surface area contributed by atoms with E-state index in [-0.39, 0.29) is 23.5 Å². The first kappa shape index (κ1) is 16.5. The van der Waals surface area contributed by atoms with Crippen LogP contribution in [0.25, 0.3) is 56.1 Å². The number of halogens is 1. The van der Waals surface area contributed by atoms with Gasteiger partial charge in [-0.25, -0.2) is 15.0 Å². The van der Waals surface area contributed by atoms with Crippen molar-refractivity contribution >= 4 is 26.7 Å². The molecule has 0 bridgehead atoms. The second kappa shape index (κ2) is 9.24. The smallest absolute Gasteiger partial charge is 0.164 e. The Bertz CT molecular complexity index is 1880. The lowest BCUT2D eigenvalue weighted by Gasteiger charge is -2.10. The first-order chi connectivity index (χ1) is 19.3. The minimum atomic E-state index is -0.466. The van der Waals surface area contributed by atoms with E-state index < -0.39 is 18.1 Å². The Hall–Kier alpha value is -4.15. The number of hydrogen-bond acceptors (Lipinski definition) is 3. The molecule has 0 saturated carbocycles. The van der Waals surface area contributed by atoms with Gasteiger partial charge in [-0.05, 0) is 40.1 Å². The highest BCUT2D eigenvalue weighted by Crippen LogP contribution is 2.29. The SMILES string of the molecule is [2H]c1c([2H])c([2H])c(-c2nc(-c3ccc(-c4ccc(Br)cc4)cc3)nc(-c3ccc4ccccc4c3)n2)c([2H])c1[2H]. The van der Waals surface area contributed by atoms with Crippen molar-refractivity contribution in [2.24, 2.45) is 0 Å². The van der Waals surface area contributed by atoms with E-state index in [2.05, 4.69) is 25.9 Å². The number of aromatic nitrogens is 3. The van der Waals surface area contributed by atoms with Crippen LogP contribution in [-0.2, 0) is 0 Å². The first-order valence-corrected chi connectivity index (χ1v) is 11.8. The standard InChI is InChI=1S/C31H20BrN3/c32-28-18-16-23(17-19-28)22-10-13-25(14-11-22)30-33-29(24-7-2-1-3-8-24)34-31(35-30)27-15-12-21-6-4-5-9-26(21)20-27/h1-20H/i1D,2D,3D,7D,8D. The van der Waals surface area contributed by atoms with Gasteiger partial charge in [-0.15, -0.1) is 0 Å². The van der Waals surface area contributed by atoms with Crippen molar-refractivity contribution in [3.05, 3.63) is 126 Å². The van der Waals surface area contributed by atoms with Crippen molar-refractivity contribution in [1.82, 2.24) is 15.0 Å². The van der Waals surface area contributed by atoms with E-state index in [1.54, 1.807) is 0 Å². The predicted molar refractivity (Wildman–Crippen MR) is 147 cm³/mol. The van der Waals surface area contributed by atoms with Crippen LogP contribution in [0.3, 0.4) is 0 Å². The molecule has 0 N–H and O–H groups in total. The Morgan fingerprint density at radius 2 is 1.00 bits per heavy atom. The van der Waals surface area contributed by atoms with E-state index in [1.807, 2.05) is 91.0 Å². The van der Waals surface area contributed by atoms with Crippen molar-refractivity contribution < 1.29 is 6.85 Å². The maximum atomic E-state index is 8.49. The normalized spacial score (nSPS) is 13.0. The average molecular weight is 519 g/mol. The maximum Gasteiger partial charge on any atom is 0.164 e. The number of hydrogen-bond donors (Lipinski definition) is 0. The molecule has 166 valence electrons. The monoisotopic (exact) mass is 518 g/mol. The zero-order chi connectivity index (χ0) is 28.0. The second-order valence-electron chi connectivity index (χ2n) is 7.95.